The van der Waals surface area contributed by atoms with Gasteiger partial charge in [0.15, 0.2) is 0 Å². The minimum Gasteiger partial charge on any atom is -0.322 e. The monoisotopic (exact) mass is 259 g/mol. The molecular formula is C15H14ClNO. The Bertz CT molecular complexity index is 531. The molecule has 0 unspecified atom stereocenters. The lowest BCUT2D eigenvalue weighted by molar-refractivity contribution is 0.102. The van der Waals surface area contributed by atoms with Crippen LogP contribution in [0.15, 0.2) is 48.5 Å². The van der Waals surface area contributed by atoms with Crippen molar-refractivity contribution in [1.82, 2.24) is 0 Å². The molecule has 0 aliphatic heterocycles. The van der Waals surface area contributed by atoms with Crippen LogP contribution in [0, 0.1) is 6.92 Å². The number of carbonyl (C=O) groups excluding carboxylic acids is 1. The van der Waals surface area contributed by atoms with Crippen molar-refractivity contribution in [3.8, 4) is 0 Å². The number of alkyl halides is 1. The summed E-state index contributed by atoms with van der Waals surface area (Å²) in [7, 11) is 0. The molecule has 0 bridgehead atoms. The van der Waals surface area contributed by atoms with Gasteiger partial charge in [-0.3, -0.25) is 4.79 Å². The summed E-state index contributed by atoms with van der Waals surface area (Å²) in [6, 6.07) is 15.0. The van der Waals surface area contributed by atoms with Crippen LogP contribution in [-0.2, 0) is 5.88 Å². The van der Waals surface area contributed by atoms with Crippen LogP contribution in [-0.4, -0.2) is 5.91 Å². The van der Waals surface area contributed by atoms with Gasteiger partial charge in [-0.25, -0.2) is 0 Å². The molecule has 0 saturated carbocycles. The Morgan fingerprint density at radius 1 is 1.06 bits per heavy atom. The lowest BCUT2D eigenvalue weighted by atomic mass is 10.1. The Morgan fingerprint density at radius 2 is 1.67 bits per heavy atom. The zero-order valence-corrected chi connectivity index (χ0v) is 10.9. The molecule has 1 amide bonds. The summed E-state index contributed by atoms with van der Waals surface area (Å²) in [6.07, 6.45) is 0. The van der Waals surface area contributed by atoms with E-state index in [9.17, 15) is 4.79 Å². The maximum absolute atomic E-state index is 12.0. The fraction of sp³-hybridized carbons (Fsp3) is 0.133. The molecule has 2 rings (SSSR count). The normalized spacial score (nSPS) is 10.1. The highest BCUT2D eigenvalue weighted by Gasteiger charge is 2.05. The molecule has 2 nitrogen and oxygen atoms in total. The lowest BCUT2D eigenvalue weighted by Crippen LogP contribution is -2.11. The van der Waals surface area contributed by atoms with E-state index in [-0.39, 0.29) is 5.91 Å². The van der Waals surface area contributed by atoms with E-state index in [1.54, 1.807) is 12.1 Å². The van der Waals surface area contributed by atoms with Crippen molar-refractivity contribution < 1.29 is 4.79 Å². The summed E-state index contributed by atoms with van der Waals surface area (Å²) in [6.45, 7) is 2.01. The summed E-state index contributed by atoms with van der Waals surface area (Å²) in [5.41, 5.74) is 3.60. The first-order valence-electron chi connectivity index (χ1n) is 5.72. The molecular weight excluding hydrogens is 246 g/mol. The number of nitrogens with one attached hydrogen (secondary N) is 1. The Morgan fingerprint density at radius 3 is 2.22 bits per heavy atom. The van der Waals surface area contributed by atoms with Crippen molar-refractivity contribution >= 4 is 23.2 Å². The Labute approximate surface area is 112 Å². The topological polar surface area (TPSA) is 29.1 Å². The average Bonchev–Trinajstić information content (AvgIpc) is 2.41. The van der Waals surface area contributed by atoms with Gasteiger partial charge in [-0.15, -0.1) is 11.6 Å². The van der Waals surface area contributed by atoms with Gasteiger partial charge in [0.05, 0.1) is 0 Å². The highest BCUT2D eigenvalue weighted by molar-refractivity contribution is 6.17. The number of aryl methyl sites for hydroxylation is 1. The standard InChI is InChI=1S/C15H14ClNO/c1-11-2-8-14(9-3-11)17-15(18)13-6-4-12(10-16)5-7-13/h2-9H,10H2,1H3,(H,17,18). The zero-order valence-electron chi connectivity index (χ0n) is 10.1. The van der Waals surface area contributed by atoms with Crippen LogP contribution in [0.5, 0.6) is 0 Å². The number of halogens is 1. The number of rotatable bonds is 3. The van der Waals surface area contributed by atoms with E-state index in [1.165, 1.54) is 5.56 Å². The van der Waals surface area contributed by atoms with Gasteiger partial charge >= 0.3 is 0 Å². The number of carbonyl (C=O) groups is 1. The SMILES string of the molecule is Cc1ccc(NC(=O)c2ccc(CCl)cc2)cc1. The summed E-state index contributed by atoms with van der Waals surface area (Å²) >= 11 is 5.70. The van der Waals surface area contributed by atoms with Gasteiger partial charge in [0.1, 0.15) is 0 Å². The van der Waals surface area contributed by atoms with Crippen LogP contribution in [0.25, 0.3) is 0 Å². The summed E-state index contributed by atoms with van der Waals surface area (Å²) in [4.78, 5) is 12.0. The number of amides is 1. The summed E-state index contributed by atoms with van der Waals surface area (Å²) in [5.74, 6) is 0.347. The second-order valence-corrected chi connectivity index (χ2v) is 4.42. The Balaban J connectivity index is 2.09. The molecule has 0 aliphatic rings. The molecule has 1 N–H and O–H groups in total. The van der Waals surface area contributed by atoms with Gasteiger partial charge in [0.25, 0.3) is 5.91 Å². The van der Waals surface area contributed by atoms with Crippen LogP contribution in [0.3, 0.4) is 0 Å². The van der Waals surface area contributed by atoms with Crippen molar-refractivity contribution in [2.75, 3.05) is 5.32 Å². The molecule has 0 radical (unpaired) electrons. The van der Waals surface area contributed by atoms with Gasteiger partial charge in [0, 0.05) is 17.1 Å². The Kier molecular flexibility index (Phi) is 4.00. The molecule has 0 saturated heterocycles. The van der Waals surface area contributed by atoms with Crippen LogP contribution in [0.1, 0.15) is 21.5 Å². The van der Waals surface area contributed by atoms with E-state index in [0.29, 0.717) is 11.4 Å². The summed E-state index contributed by atoms with van der Waals surface area (Å²) in [5, 5.41) is 2.85. The van der Waals surface area contributed by atoms with Gasteiger partial charge in [-0.2, -0.15) is 0 Å². The van der Waals surface area contributed by atoms with E-state index in [2.05, 4.69) is 5.32 Å². The first kappa shape index (κ1) is 12.7. The smallest absolute Gasteiger partial charge is 0.255 e. The predicted molar refractivity (Wildman–Crippen MR) is 75.1 cm³/mol. The van der Waals surface area contributed by atoms with E-state index >= 15 is 0 Å². The van der Waals surface area contributed by atoms with Gasteiger partial charge in [-0.1, -0.05) is 29.8 Å². The van der Waals surface area contributed by atoms with E-state index < -0.39 is 0 Å². The van der Waals surface area contributed by atoms with Crippen molar-refractivity contribution in [3.05, 3.63) is 65.2 Å². The molecule has 3 heteroatoms. The molecule has 2 aromatic rings. The van der Waals surface area contributed by atoms with Crippen LogP contribution >= 0.6 is 11.6 Å². The molecule has 92 valence electrons. The molecule has 0 heterocycles. The number of benzene rings is 2. The number of hydrogen-bond acceptors (Lipinski definition) is 1. The quantitative estimate of drug-likeness (QED) is 0.830. The van der Waals surface area contributed by atoms with Crippen LogP contribution in [0.2, 0.25) is 0 Å². The van der Waals surface area contributed by atoms with Crippen LogP contribution < -0.4 is 5.32 Å². The number of anilines is 1. The fourth-order valence-electron chi connectivity index (χ4n) is 1.59. The molecule has 0 fully saturated rings. The van der Waals surface area contributed by atoms with Gasteiger partial charge in [0.2, 0.25) is 0 Å². The Hall–Kier alpha value is -1.80. The van der Waals surface area contributed by atoms with E-state index in [1.807, 2.05) is 43.3 Å². The van der Waals surface area contributed by atoms with E-state index in [0.717, 1.165) is 11.3 Å². The minimum absolute atomic E-state index is 0.111. The predicted octanol–water partition coefficient (Wildman–Crippen LogP) is 3.99. The second kappa shape index (κ2) is 5.69. The summed E-state index contributed by atoms with van der Waals surface area (Å²) < 4.78 is 0. The van der Waals surface area contributed by atoms with Gasteiger partial charge in [-0.05, 0) is 36.8 Å². The second-order valence-electron chi connectivity index (χ2n) is 4.15. The largest absolute Gasteiger partial charge is 0.322 e. The fourth-order valence-corrected chi connectivity index (χ4v) is 1.76. The molecule has 0 spiro atoms. The van der Waals surface area contributed by atoms with Crippen LogP contribution in [0.4, 0.5) is 5.69 Å². The first-order valence-corrected chi connectivity index (χ1v) is 6.25. The third kappa shape index (κ3) is 3.11. The molecule has 0 aliphatic carbocycles. The molecule has 18 heavy (non-hydrogen) atoms. The third-order valence-corrected chi connectivity index (χ3v) is 2.99. The molecule has 0 atom stereocenters. The van der Waals surface area contributed by atoms with Crippen molar-refractivity contribution in [3.63, 3.8) is 0 Å². The average molecular weight is 260 g/mol. The third-order valence-electron chi connectivity index (χ3n) is 2.68. The van der Waals surface area contributed by atoms with Crippen molar-refractivity contribution in [2.24, 2.45) is 0 Å². The van der Waals surface area contributed by atoms with Crippen molar-refractivity contribution in [1.29, 1.82) is 0 Å². The maximum atomic E-state index is 12.0. The minimum atomic E-state index is -0.111. The number of hydrogen-bond donors (Lipinski definition) is 1. The maximum Gasteiger partial charge on any atom is 0.255 e. The lowest BCUT2D eigenvalue weighted by Gasteiger charge is -2.06. The van der Waals surface area contributed by atoms with Gasteiger partial charge < -0.3 is 5.32 Å². The highest BCUT2D eigenvalue weighted by Crippen LogP contribution is 2.12. The molecule has 2 aromatic carbocycles. The highest BCUT2D eigenvalue weighted by atomic mass is 35.5. The first-order chi connectivity index (χ1) is 8.69. The van der Waals surface area contributed by atoms with Crippen molar-refractivity contribution in [2.45, 2.75) is 12.8 Å². The van der Waals surface area contributed by atoms with E-state index in [4.69, 9.17) is 11.6 Å². The zero-order chi connectivity index (χ0) is 13.0. The molecule has 0 aromatic heterocycles.